The molecule has 0 bridgehead atoms. The third-order valence-corrected chi connectivity index (χ3v) is 3.86. The molecule has 1 fully saturated rings. The van der Waals surface area contributed by atoms with Gasteiger partial charge in [0.15, 0.2) is 0 Å². The zero-order valence-corrected chi connectivity index (χ0v) is 11.9. The average Bonchev–Trinajstić information content (AvgIpc) is 2.28. The van der Waals surface area contributed by atoms with Crippen LogP contribution in [-0.4, -0.2) is 19.8 Å². The summed E-state index contributed by atoms with van der Waals surface area (Å²) in [6, 6.07) is 6.77. The molecule has 0 aromatic heterocycles. The fraction of sp³-hybridized carbons (Fsp3) is 0.625. The Morgan fingerprint density at radius 3 is 2.33 bits per heavy atom. The Morgan fingerprint density at radius 2 is 1.72 bits per heavy atom. The molecule has 1 aromatic rings. The second-order valence-electron chi connectivity index (χ2n) is 6.02. The van der Waals surface area contributed by atoms with Gasteiger partial charge in [0.2, 0.25) is 0 Å². The summed E-state index contributed by atoms with van der Waals surface area (Å²) in [6.07, 6.45) is 2.35. The van der Waals surface area contributed by atoms with Crippen LogP contribution >= 0.6 is 0 Å². The van der Waals surface area contributed by atoms with Gasteiger partial charge in [0.25, 0.3) is 0 Å². The number of benzene rings is 1. The number of hydrogen-bond donors (Lipinski definition) is 1. The van der Waals surface area contributed by atoms with Gasteiger partial charge in [-0.25, -0.2) is 0 Å². The zero-order chi connectivity index (χ0) is 13.0. The number of nitrogens with one attached hydrogen (secondary N) is 1. The van der Waals surface area contributed by atoms with Crippen molar-refractivity contribution in [2.24, 2.45) is 5.41 Å². The third-order valence-electron chi connectivity index (χ3n) is 3.86. The summed E-state index contributed by atoms with van der Waals surface area (Å²) in [5.41, 5.74) is 4.51. The highest BCUT2D eigenvalue weighted by molar-refractivity contribution is 5.28. The molecule has 18 heavy (non-hydrogen) atoms. The smallest absolute Gasteiger partial charge is 0.0471 e. The molecular weight excluding hydrogens is 222 g/mol. The highest BCUT2D eigenvalue weighted by Gasteiger charge is 2.26. The fourth-order valence-corrected chi connectivity index (χ4v) is 2.72. The van der Waals surface area contributed by atoms with Crippen LogP contribution in [0.5, 0.6) is 0 Å². The zero-order valence-electron chi connectivity index (χ0n) is 11.9. The van der Waals surface area contributed by atoms with Crippen molar-refractivity contribution in [1.82, 2.24) is 5.32 Å². The fourth-order valence-electron chi connectivity index (χ4n) is 2.72. The lowest BCUT2D eigenvalue weighted by Crippen LogP contribution is -2.36. The van der Waals surface area contributed by atoms with Crippen LogP contribution in [0.25, 0.3) is 0 Å². The Labute approximate surface area is 111 Å². The first-order valence-electron chi connectivity index (χ1n) is 6.93. The maximum Gasteiger partial charge on any atom is 0.0471 e. The molecule has 2 rings (SSSR count). The predicted molar refractivity (Wildman–Crippen MR) is 75.8 cm³/mol. The molecule has 0 unspecified atom stereocenters. The molecule has 0 aliphatic carbocycles. The second-order valence-corrected chi connectivity index (χ2v) is 6.02. The van der Waals surface area contributed by atoms with Crippen molar-refractivity contribution < 1.29 is 4.74 Å². The van der Waals surface area contributed by atoms with E-state index in [9.17, 15) is 0 Å². The predicted octanol–water partition coefficient (Wildman–Crippen LogP) is 3.21. The van der Waals surface area contributed by atoms with E-state index in [1.54, 1.807) is 0 Å². The number of hydrogen-bond acceptors (Lipinski definition) is 2. The third kappa shape index (κ3) is 3.82. The number of aryl methyl sites for hydroxylation is 2. The molecule has 2 nitrogen and oxygen atoms in total. The first-order valence-corrected chi connectivity index (χ1v) is 6.93. The SMILES string of the molecule is Cc1cc(C)cc(CNCC2(C)CCOCC2)c1. The summed E-state index contributed by atoms with van der Waals surface area (Å²) in [6.45, 7) is 10.6. The van der Waals surface area contributed by atoms with Crippen LogP contribution in [0.1, 0.15) is 36.5 Å². The molecular formula is C16H25NO. The summed E-state index contributed by atoms with van der Waals surface area (Å²) in [5.74, 6) is 0. The van der Waals surface area contributed by atoms with Crippen molar-refractivity contribution in [2.75, 3.05) is 19.8 Å². The lowest BCUT2D eigenvalue weighted by atomic mass is 9.82. The van der Waals surface area contributed by atoms with Crippen molar-refractivity contribution >= 4 is 0 Å². The lowest BCUT2D eigenvalue weighted by Gasteiger charge is -2.33. The molecule has 1 aromatic carbocycles. The maximum atomic E-state index is 5.43. The molecule has 1 aliphatic rings. The molecule has 1 saturated heterocycles. The summed E-state index contributed by atoms with van der Waals surface area (Å²) in [5, 5.41) is 3.61. The van der Waals surface area contributed by atoms with Gasteiger partial charge in [-0.05, 0) is 37.7 Å². The molecule has 100 valence electrons. The van der Waals surface area contributed by atoms with Crippen LogP contribution in [0.4, 0.5) is 0 Å². The highest BCUT2D eigenvalue weighted by atomic mass is 16.5. The van der Waals surface area contributed by atoms with Gasteiger partial charge in [0.05, 0.1) is 0 Å². The van der Waals surface area contributed by atoms with E-state index >= 15 is 0 Å². The van der Waals surface area contributed by atoms with E-state index in [2.05, 4.69) is 44.3 Å². The first kappa shape index (κ1) is 13.6. The molecule has 0 radical (unpaired) electrons. The topological polar surface area (TPSA) is 21.3 Å². The summed E-state index contributed by atoms with van der Waals surface area (Å²) in [4.78, 5) is 0. The van der Waals surface area contributed by atoms with Gasteiger partial charge >= 0.3 is 0 Å². The minimum Gasteiger partial charge on any atom is -0.381 e. The quantitative estimate of drug-likeness (QED) is 0.882. The van der Waals surface area contributed by atoms with Gasteiger partial charge in [-0.3, -0.25) is 0 Å². The van der Waals surface area contributed by atoms with Gasteiger partial charge in [-0.1, -0.05) is 36.2 Å². The van der Waals surface area contributed by atoms with E-state index in [0.717, 1.165) is 26.3 Å². The van der Waals surface area contributed by atoms with E-state index in [1.807, 2.05) is 0 Å². The minimum absolute atomic E-state index is 0.414. The van der Waals surface area contributed by atoms with Gasteiger partial charge in [-0.2, -0.15) is 0 Å². The molecule has 1 aliphatic heterocycles. The maximum absolute atomic E-state index is 5.43. The highest BCUT2D eigenvalue weighted by Crippen LogP contribution is 2.28. The summed E-state index contributed by atoms with van der Waals surface area (Å²) in [7, 11) is 0. The molecule has 2 heteroatoms. The van der Waals surface area contributed by atoms with Gasteiger partial charge in [0, 0.05) is 26.3 Å². The van der Waals surface area contributed by atoms with Crippen molar-refractivity contribution in [3.05, 3.63) is 34.9 Å². The molecule has 1 N–H and O–H groups in total. The van der Waals surface area contributed by atoms with Crippen LogP contribution in [0.15, 0.2) is 18.2 Å². The van der Waals surface area contributed by atoms with E-state index in [4.69, 9.17) is 4.74 Å². The Kier molecular flexibility index (Phi) is 4.41. The van der Waals surface area contributed by atoms with Crippen LogP contribution < -0.4 is 5.32 Å². The van der Waals surface area contributed by atoms with Crippen molar-refractivity contribution in [3.63, 3.8) is 0 Å². The van der Waals surface area contributed by atoms with E-state index in [1.165, 1.54) is 29.5 Å². The standard InChI is InChI=1S/C16H25NO/c1-13-8-14(2)10-15(9-13)11-17-12-16(3)4-6-18-7-5-16/h8-10,17H,4-7,11-12H2,1-3H3. The Balaban J connectivity index is 1.84. The number of ether oxygens (including phenoxy) is 1. The molecule has 0 atom stereocenters. The van der Waals surface area contributed by atoms with Crippen molar-refractivity contribution in [2.45, 2.75) is 40.2 Å². The monoisotopic (exact) mass is 247 g/mol. The Bertz CT molecular complexity index is 374. The average molecular weight is 247 g/mol. The second kappa shape index (κ2) is 5.85. The summed E-state index contributed by atoms with van der Waals surface area (Å²) >= 11 is 0. The van der Waals surface area contributed by atoms with Crippen LogP contribution in [-0.2, 0) is 11.3 Å². The largest absolute Gasteiger partial charge is 0.381 e. The normalized spacial score (nSPS) is 18.8. The van der Waals surface area contributed by atoms with Crippen LogP contribution in [0.2, 0.25) is 0 Å². The molecule has 0 saturated carbocycles. The van der Waals surface area contributed by atoms with Gasteiger partial charge in [0.1, 0.15) is 0 Å². The molecule has 0 amide bonds. The molecule has 0 spiro atoms. The first-order chi connectivity index (χ1) is 8.57. The van der Waals surface area contributed by atoms with Crippen molar-refractivity contribution in [3.8, 4) is 0 Å². The minimum atomic E-state index is 0.414. The van der Waals surface area contributed by atoms with E-state index in [-0.39, 0.29) is 0 Å². The van der Waals surface area contributed by atoms with E-state index in [0.29, 0.717) is 5.41 Å². The van der Waals surface area contributed by atoms with E-state index < -0.39 is 0 Å². The van der Waals surface area contributed by atoms with Crippen molar-refractivity contribution in [1.29, 1.82) is 0 Å². The summed E-state index contributed by atoms with van der Waals surface area (Å²) < 4.78 is 5.43. The van der Waals surface area contributed by atoms with Crippen LogP contribution in [0, 0.1) is 19.3 Å². The van der Waals surface area contributed by atoms with Crippen LogP contribution in [0.3, 0.4) is 0 Å². The Morgan fingerprint density at radius 1 is 1.11 bits per heavy atom. The van der Waals surface area contributed by atoms with Gasteiger partial charge < -0.3 is 10.1 Å². The molecule has 1 heterocycles. The Hall–Kier alpha value is -0.860. The lowest BCUT2D eigenvalue weighted by molar-refractivity contribution is 0.0240. The van der Waals surface area contributed by atoms with Gasteiger partial charge in [-0.15, -0.1) is 0 Å². The number of rotatable bonds is 4.